The van der Waals surface area contributed by atoms with Crippen LogP contribution in [0.2, 0.25) is 5.15 Å². The van der Waals surface area contributed by atoms with Crippen LogP contribution in [0, 0.1) is 23.6 Å². The van der Waals surface area contributed by atoms with E-state index < -0.39 is 23.7 Å². The first-order valence-electron chi connectivity index (χ1n) is 11.5. The minimum atomic E-state index is -0.863. The number of aliphatic carboxylic acids is 1. The highest BCUT2D eigenvalue weighted by Crippen LogP contribution is 2.46. The number of carbonyl (C=O) groups is 1. The zero-order valence-electron chi connectivity index (χ0n) is 18.4. The molecule has 3 fully saturated rings. The van der Waals surface area contributed by atoms with Crippen molar-refractivity contribution in [2.75, 3.05) is 5.32 Å². The summed E-state index contributed by atoms with van der Waals surface area (Å²) >= 11 is 6.06. The summed E-state index contributed by atoms with van der Waals surface area (Å²) in [5, 5.41) is 13.3. The maximum absolute atomic E-state index is 15.9. The fourth-order valence-corrected chi connectivity index (χ4v) is 5.68. The van der Waals surface area contributed by atoms with Crippen molar-refractivity contribution < 1.29 is 14.3 Å². The molecule has 11 heteroatoms. The fourth-order valence-electron chi connectivity index (χ4n) is 5.55. The van der Waals surface area contributed by atoms with E-state index in [1.165, 1.54) is 6.20 Å². The number of nitrogens with zero attached hydrogens (tertiary/aromatic N) is 5. The number of halogens is 2. The van der Waals surface area contributed by atoms with Gasteiger partial charge in [0.2, 0.25) is 0 Å². The van der Waals surface area contributed by atoms with Crippen LogP contribution in [0.3, 0.4) is 0 Å². The number of fused-ring (bicyclic) bond motifs is 4. The Kier molecular flexibility index (Phi) is 5.32. The van der Waals surface area contributed by atoms with E-state index in [0.29, 0.717) is 22.4 Å². The molecule has 178 valence electrons. The maximum atomic E-state index is 15.9. The zero-order chi connectivity index (χ0) is 24.1. The molecule has 0 saturated heterocycles. The van der Waals surface area contributed by atoms with Gasteiger partial charge in [0.15, 0.2) is 23.1 Å². The van der Waals surface area contributed by atoms with Gasteiger partial charge >= 0.3 is 5.97 Å². The average molecular weight is 494 g/mol. The largest absolute Gasteiger partial charge is 0.481 e. The Morgan fingerprint density at radius 3 is 2.66 bits per heavy atom. The van der Waals surface area contributed by atoms with E-state index in [-0.39, 0.29) is 34.3 Å². The Bertz CT molecular complexity index is 1420. The minimum Gasteiger partial charge on any atom is -0.481 e. The lowest BCUT2D eigenvalue weighted by molar-refractivity contribution is -0.148. The summed E-state index contributed by atoms with van der Waals surface area (Å²) in [4.78, 5) is 37.0. The van der Waals surface area contributed by atoms with Crippen molar-refractivity contribution in [1.29, 1.82) is 0 Å². The lowest BCUT2D eigenvalue weighted by Gasteiger charge is -2.47. The van der Waals surface area contributed by atoms with E-state index in [2.05, 4.69) is 35.2 Å². The molecule has 9 nitrogen and oxygen atoms in total. The second-order valence-electron chi connectivity index (χ2n) is 9.07. The number of anilines is 1. The molecule has 4 aromatic heterocycles. The van der Waals surface area contributed by atoms with E-state index in [0.717, 1.165) is 25.7 Å². The third-order valence-electron chi connectivity index (χ3n) is 7.16. The first-order chi connectivity index (χ1) is 17.0. The van der Waals surface area contributed by atoms with E-state index in [9.17, 15) is 9.90 Å². The molecule has 3 aliphatic carbocycles. The molecule has 0 unspecified atom stereocenters. The third kappa shape index (κ3) is 3.78. The first-order valence-corrected chi connectivity index (χ1v) is 11.9. The summed E-state index contributed by atoms with van der Waals surface area (Å²) in [5.74, 6) is -1.79. The van der Waals surface area contributed by atoms with Crippen LogP contribution in [0.1, 0.15) is 25.7 Å². The molecule has 3 saturated carbocycles. The van der Waals surface area contributed by atoms with Gasteiger partial charge in [0.1, 0.15) is 16.4 Å². The summed E-state index contributed by atoms with van der Waals surface area (Å²) in [6, 6.07) is 4.71. The molecule has 4 heterocycles. The Hall–Kier alpha value is -3.66. The third-order valence-corrected chi connectivity index (χ3v) is 7.34. The number of carboxylic acids is 1. The van der Waals surface area contributed by atoms with Crippen LogP contribution < -0.4 is 5.32 Å². The molecule has 0 aliphatic heterocycles. The molecule has 7 rings (SSSR count). The normalized spacial score (nSPS) is 23.5. The lowest BCUT2D eigenvalue weighted by Crippen LogP contribution is -2.51. The molecule has 2 atom stereocenters. The number of H-pyrrole nitrogens is 1. The molecule has 0 spiro atoms. The number of hydrogen-bond acceptors (Lipinski definition) is 7. The maximum Gasteiger partial charge on any atom is 0.308 e. The van der Waals surface area contributed by atoms with Crippen molar-refractivity contribution >= 4 is 34.6 Å². The smallest absolute Gasteiger partial charge is 0.308 e. The highest BCUT2D eigenvalue weighted by molar-refractivity contribution is 6.29. The number of hydrogen-bond donors (Lipinski definition) is 3. The molecular formula is C24H21ClFN7O2. The monoisotopic (exact) mass is 493 g/mol. The van der Waals surface area contributed by atoms with Gasteiger partial charge in [-0.2, -0.15) is 0 Å². The van der Waals surface area contributed by atoms with Gasteiger partial charge in [-0.05, 0) is 49.7 Å². The highest BCUT2D eigenvalue weighted by Gasteiger charge is 2.47. The SMILES string of the molecule is O=C(O)[C@H]1C2CCC(CC2)[C@@H]1Nc1nc(-c2c[nH]c3ncc(Cl)nc23)nc(-c2ccccn2)c1F. The van der Waals surface area contributed by atoms with E-state index >= 15 is 4.39 Å². The van der Waals surface area contributed by atoms with E-state index in [1.807, 2.05) is 0 Å². The van der Waals surface area contributed by atoms with E-state index in [1.54, 1.807) is 30.6 Å². The van der Waals surface area contributed by atoms with Crippen LogP contribution in [0.15, 0.2) is 36.8 Å². The Labute approximate surface area is 204 Å². The van der Waals surface area contributed by atoms with Gasteiger partial charge in [0.05, 0.1) is 23.4 Å². The lowest BCUT2D eigenvalue weighted by atomic mass is 9.61. The quantitative estimate of drug-likeness (QED) is 0.368. The van der Waals surface area contributed by atoms with Crippen molar-refractivity contribution in [3.63, 3.8) is 0 Å². The van der Waals surface area contributed by atoms with Crippen molar-refractivity contribution in [2.24, 2.45) is 17.8 Å². The number of aromatic amines is 1. The van der Waals surface area contributed by atoms with Gasteiger partial charge in [-0.3, -0.25) is 9.78 Å². The summed E-state index contributed by atoms with van der Waals surface area (Å²) in [6.07, 6.45) is 8.21. The predicted octanol–water partition coefficient (Wildman–Crippen LogP) is 4.57. The average Bonchev–Trinajstić information content (AvgIpc) is 3.29. The van der Waals surface area contributed by atoms with Crippen molar-refractivity contribution in [2.45, 2.75) is 31.7 Å². The standard InChI is InChI=1S/C24H21ClFN7O2/c25-15-10-29-23-19(30-15)13(9-28-23)21-32-20(14-3-1-2-8-27-14)17(26)22(33-21)31-18-12-6-4-11(5-7-12)16(18)24(34)35/h1-3,8-12,16,18H,4-7H2,(H,28,29)(H,34,35)(H,31,32,33)/t11?,12?,16-,18-/m0/s1. The molecule has 4 aromatic rings. The number of carboxylic acid groups (broad SMARTS) is 1. The second kappa shape index (κ2) is 8.53. The van der Waals surface area contributed by atoms with Crippen LogP contribution >= 0.6 is 11.6 Å². The number of rotatable bonds is 5. The van der Waals surface area contributed by atoms with Gasteiger partial charge < -0.3 is 15.4 Å². The zero-order valence-corrected chi connectivity index (χ0v) is 19.2. The van der Waals surface area contributed by atoms with Crippen LogP contribution in [-0.4, -0.2) is 47.0 Å². The Morgan fingerprint density at radius 2 is 1.91 bits per heavy atom. The molecule has 2 bridgehead atoms. The van der Waals surface area contributed by atoms with Gasteiger partial charge in [-0.15, -0.1) is 0 Å². The number of pyridine rings is 1. The summed E-state index contributed by atoms with van der Waals surface area (Å²) in [5.41, 5.74) is 1.77. The Morgan fingerprint density at radius 1 is 1.11 bits per heavy atom. The molecule has 35 heavy (non-hydrogen) atoms. The summed E-state index contributed by atoms with van der Waals surface area (Å²) < 4.78 is 15.9. The number of nitrogens with one attached hydrogen (secondary N) is 2. The second-order valence-corrected chi connectivity index (χ2v) is 9.46. The molecule has 0 aromatic carbocycles. The highest BCUT2D eigenvalue weighted by atomic mass is 35.5. The van der Waals surface area contributed by atoms with Gasteiger partial charge in [0, 0.05) is 18.4 Å². The van der Waals surface area contributed by atoms with Crippen LogP contribution in [0.4, 0.5) is 10.2 Å². The van der Waals surface area contributed by atoms with Gasteiger partial charge in [-0.25, -0.2) is 24.3 Å². The summed E-state index contributed by atoms with van der Waals surface area (Å²) in [6.45, 7) is 0. The van der Waals surface area contributed by atoms with Crippen molar-refractivity contribution in [3.05, 3.63) is 47.8 Å². The van der Waals surface area contributed by atoms with Gasteiger partial charge in [0.25, 0.3) is 0 Å². The van der Waals surface area contributed by atoms with Crippen LogP contribution in [0.25, 0.3) is 33.9 Å². The Balaban J connectivity index is 1.50. The topological polar surface area (TPSA) is 130 Å². The van der Waals surface area contributed by atoms with Crippen molar-refractivity contribution in [3.8, 4) is 22.8 Å². The molecule has 3 aliphatic rings. The van der Waals surface area contributed by atoms with Crippen LogP contribution in [-0.2, 0) is 4.79 Å². The summed E-state index contributed by atoms with van der Waals surface area (Å²) in [7, 11) is 0. The van der Waals surface area contributed by atoms with Crippen LogP contribution in [0.5, 0.6) is 0 Å². The predicted molar refractivity (Wildman–Crippen MR) is 127 cm³/mol. The van der Waals surface area contributed by atoms with E-state index in [4.69, 9.17) is 11.6 Å². The fraction of sp³-hybridized carbons (Fsp3) is 0.333. The molecule has 0 radical (unpaired) electrons. The first kappa shape index (κ1) is 21.8. The number of aromatic nitrogens is 6. The molecule has 0 amide bonds. The molecular weight excluding hydrogens is 473 g/mol. The minimum absolute atomic E-state index is 0.00952. The van der Waals surface area contributed by atoms with Crippen molar-refractivity contribution in [1.82, 2.24) is 29.9 Å². The van der Waals surface area contributed by atoms with Gasteiger partial charge in [-0.1, -0.05) is 17.7 Å². The molecule has 3 N–H and O–H groups in total.